The van der Waals surface area contributed by atoms with Gasteiger partial charge in [-0.05, 0) is 42.4 Å². The molecule has 2 rings (SSSR count). The molecule has 1 aromatic carbocycles. The van der Waals surface area contributed by atoms with Gasteiger partial charge in [0.15, 0.2) is 0 Å². The zero-order valence-electron chi connectivity index (χ0n) is 16.2. The molecule has 1 unspecified atom stereocenters. The third-order valence-electron chi connectivity index (χ3n) is 4.95. The predicted octanol–water partition coefficient (Wildman–Crippen LogP) is 4.65. The summed E-state index contributed by atoms with van der Waals surface area (Å²) in [5.74, 6) is 1.37. The maximum atomic E-state index is 12.0. The number of hydrogen-bond acceptors (Lipinski definition) is 3. The van der Waals surface area contributed by atoms with E-state index in [1.807, 2.05) is 32.0 Å². The van der Waals surface area contributed by atoms with E-state index in [-0.39, 0.29) is 11.8 Å². The molecule has 1 aliphatic carbocycles. The summed E-state index contributed by atoms with van der Waals surface area (Å²) in [6, 6.07) is 5.63. The Hall–Kier alpha value is -1.97. The number of allylic oxidation sites excluding steroid dienone is 1. The lowest BCUT2D eigenvalue weighted by Gasteiger charge is -2.32. The molecule has 4 heteroatoms. The van der Waals surface area contributed by atoms with Gasteiger partial charge in [0.25, 0.3) is 0 Å². The van der Waals surface area contributed by atoms with Crippen molar-refractivity contribution in [3.63, 3.8) is 0 Å². The highest BCUT2D eigenvalue weighted by molar-refractivity contribution is 5.84. The fourth-order valence-electron chi connectivity index (χ4n) is 3.66. The third kappa shape index (κ3) is 5.52. The van der Waals surface area contributed by atoms with Gasteiger partial charge in [0.1, 0.15) is 5.75 Å². The van der Waals surface area contributed by atoms with Crippen molar-refractivity contribution in [1.82, 2.24) is 5.32 Å². The van der Waals surface area contributed by atoms with Crippen LogP contribution in [0, 0.1) is 11.8 Å². The molecular weight excluding hydrogens is 312 g/mol. The number of ether oxygens (including phenoxy) is 1. The molecule has 140 valence electrons. The van der Waals surface area contributed by atoms with Crippen LogP contribution in [-0.2, 0) is 4.79 Å². The van der Waals surface area contributed by atoms with Crippen molar-refractivity contribution in [2.45, 2.75) is 52.4 Å². The number of benzene rings is 1. The summed E-state index contributed by atoms with van der Waals surface area (Å²) in [5.41, 5.74) is 8.63. The molecule has 1 amide bonds. The Kier molecular flexibility index (Phi) is 9.11. The molecule has 1 atom stereocenters. The average molecular weight is 347 g/mol. The second-order valence-corrected chi connectivity index (χ2v) is 6.33. The maximum Gasteiger partial charge on any atom is 0.220 e. The van der Waals surface area contributed by atoms with Crippen LogP contribution in [0.4, 0.5) is 5.69 Å². The molecule has 25 heavy (non-hydrogen) atoms. The van der Waals surface area contributed by atoms with E-state index >= 15 is 0 Å². The molecule has 0 aliphatic heterocycles. The molecule has 0 heterocycles. The summed E-state index contributed by atoms with van der Waals surface area (Å²) in [4.78, 5) is 12.0. The Morgan fingerprint density at radius 2 is 1.96 bits per heavy atom. The Labute approximate surface area is 152 Å². The molecule has 1 saturated carbocycles. The monoisotopic (exact) mass is 346 g/mol. The van der Waals surface area contributed by atoms with Gasteiger partial charge in [-0.2, -0.15) is 0 Å². The topological polar surface area (TPSA) is 64.3 Å². The standard InChI is InChI=1S/C19H28N2O2.C2H6/c1-13(19-16(20)10-7-11-17(19)23-3)15(12-18(22)21-2)14-8-5-4-6-9-14;1-2/h7,10-11,14-15H,1,4-6,8-9,12,20H2,2-3H3,(H,21,22);1-2H3. The number of carbonyl (C=O) groups excluding carboxylic acids is 1. The van der Waals surface area contributed by atoms with Crippen LogP contribution in [0.25, 0.3) is 5.57 Å². The minimum atomic E-state index is 0.0511. The van der Waals surface area contributed by atoms with Crippen LogP contribution in [0.5, 0.6) is 5.75 Å². The van der Waals surface area contributed by atoms with E-state index < -0.39 is 0 Å². The van der Waals surface area contributed by atoms with Gasteiger partial charge in [-0.15, -0.1) is 0 Å². The summed E-state index contributed by atoms with van der Waals surface area (Å²) >= 11 is 0. The molecule has 0 saturated heterocycles. The van der Waals surface area contributed by atoms with Crippen LogP contribution in [0.2, 0.25) is 0 Å². The smallest absolute Gasteiger partial charge is 0.220 e. The molecule has 1 fully saturated rings. The van der Waals surface area contributed by atoms with Crippen molar-refractivity contribution in [2.75, 3.05) is 19.9 Å². The van der Waals surface area contributed by atoms with Crippen LogP contribution < -0.4 is 15.8 Å². The first kappa shape index (κ1) is 21.1. The first-order chi connectivity index (χ1) is 12.1. The molecule has 0 radical (unpaired) electrons. The lowest BCUT2D eigenvalue weighted by molar-refractivity contribution is -0.121. The highest BCUT2D eigenvalue weighted by Crippen LogP contribution is 2.43. The molecule has 3 N–H and O–H groups in total. The molecular formula is C21H34N2O2. The number of anilines is 1. The summed E-state index contributed by atoms with van der Waals surface area (Å²) in [5, 5.41) is 2.74. The van der Waals surface area contributed by atoms with E-state index in [4.69, 9.17) is 10.5 Å². The minimum Gasteiger partial charge on any atom is -0.496 e. The van der Waals surface area contributed by atoms with E-state index in [1.54, 1.807) is 14.2 Å². The first-order valence-corrected chi connectivity index (χ1v) is 9.40. The summed E-state index contributed by atoms with van der Waals surface area (Å²) < 4.78 is 5.47. The van der Waals surface area contributed by atoms with Crippen LogP contribution in [0.3, 0.4) is 0 Å². The molecule has 0 spiro atoms. The number of nitrogens with two attached hydrogens (primary N) is 1. The fourth-order valence-corrected chi connectivity index (χ4v) is 3.66. The third-order valence-corrected chi connectivity index (χ3v) is 4.95. The predicted molar refractivity (Wildman–Crippen MR) is 107 cm³/mol. The Bertz CT molecular complexity index is 563. The quantitative estimate of drug-likeness (QED) is 0.737. The lowest BCUT2D eigenvalue weighted by Crippen LogP contribution is -2.27. The zero-order valence-corrected chi connectivity index (χ0v) is 16.2. The van der Waals surface area contributed by atoms with Crippen molar-refractivity contribution < 1.29 is 9.53 Å². The number of amides is 1. The molecule has 0 bridgehead atoms. The van der Waals surface area contributed by atoms with Crippen LogP contribution in [0.1, 0.15) is 57.9 Å². The van der Waals surface area contributed by atoms with E-state index in [1.165, 1.54) is 19.3 Å². The van der Waals surface area contributed by atoms with E-state index in [0.717, 1.165) is 29.7 Å². The van der Waals surface area contributed by atoms with Gasteiger partial charge < -0.3 is 15.8 Å². The van der Waals surface area contributed by atoms with Gasteiger partial charge in [0, 0.05) is 24.7 Å². The van der Waals surface area contributed by atoms with Crippen LogP contribution in [-0.4, -0.2) is 20.1 Å². The Morgan fingerprint density at radius 3 is 2.52 bits per heavy atom. The summed E-state index contributed by atoms with van der Waals surface area (Å²) in [6.45, 7) is 8.32. The Balaban J connectivity index is 0.00000151. The van der Waals surface area contributed by atoms with Crippen molar-refractivity contribution in [3.05, 3.63) is 30.3 Å². The number of rotatable bonds is 6. The maximum absolute atomic E-state index is 12.0. The molecule has 0 aromatic heterocycles. The van der Waals surface area contributed by atoms with Crippen LogP contribution in [0.15, 0.2) is 24.8 Å². The SMILES string of the molecule is C=C(c1c(N)cccc1OC)C(CC(=O)NC)C1CCCCC1.CC. The molecule has 1 aromatic rings. The van der Waals surface area contributed by atoms with Crippen molar-refractivity contribution in [1.29, 1.82) is 0 Å². The number of methoxy groups -OCH3 is 1. The second kappa shape index (κ2) is 10.8. The second-order valence-electron chi connectivity index (χ2n) is 6.33. The summed E-state index contributed by atoms with van der Waals surface area (Å²) in [6.07, 6.45) is 6.49. The average Bonchev–Trinajstić information content (AvgIpc) is 2.67. The minimum absolute atomic E-state index is 0.0511. The van der Waals surface area contributed by atoms with Crippen molar-refractivity contribution in [2.24, 2.45) is 11.8 Å². The first-order valence-electron chi connectivity index (χ1n) is 9.40. The molecule has 4 nitrogen and oxygen atoms in total. The number of hydrogen-bond donors (Lipinski definition) is 2. The lowest BCUT2D eigenvalue weighted by atomic mass is 9.73. The van der Waals surface area contributed by atoms with Crippen molar-refractivity contribution >= 4 is 17.2 Å². The van der Waals surface area contributed by atoms with Gasteiger partial charge in [-0.1, -0.05) is 45.8 Å². The Morgan fingerprint density at radius 1 is 1.32 bits per heavy atom. The van der Waals surface area contributed by atoms with Gasteiger partial charge >= 0.3 is 0 Å². The zero-order chi connectivity index (χ0) is 18.8. The van der Waals surface area contributed by atoms with Gasteiger partial charge in [0.05, 0.1) is 7.11 Å². The number of nitrogen functional groups attached to an aromatic ring is 1. The van der Waals surface area contributed by atoms with Crippen molar-refractivity contribution in [3.8, 4) is 5.75 Å². The number of nitrogens with one attached hydrogen (secondary N) is 1. The van der Waals surface area contributed by atoms with Gasteiger partial charge in [0.2, 0.25) is 5.91 Å². The largest absolute Gasteiger partial charge is 0.496 e. The number of carbonyl (C=O) groups is 1. The normalized spacial score (nSPS) is 15.5. The highest BCUT2D eigenvalue weighted by Gasteiger charge is 2.30. The molecule has 1 aliphatic rings. The van der Waals surface area contributed by atoms with Gasteiger partial charge in [-0.25, -0.2) is 0 Å². The van der Waals surface area contributed by atoms with E-state index in [2.05, 4.69) is 11.9 Å². The van der Waals surface area contributed by atoms with Crippen LogP contribution >= 0.6 is 0 Å². The van der Waals surface area contributed by atoms with Gasteiger partial charge in [-0.3, -0.25) is 4.79 Å². The van der Waals surface area contributed by atoms with E-state index in [9.17, 15) is 4.79 Å². The highest BCUT2D eigenvalue weighted by atomic mass is 16.5. The summed E-state index contributed by atoms with van der Waals surface area (Å²) in [7, 11) is 3.32. The fraction of sp³-hybridized carbons (Fsp3) is 0.571. The van der Waals surface area contributed by atoms with E-state index in [0.29, 0.717) is 18.0 Å².